The summed E-state index contributed by atoms with van der Waals surface area (Å²) in [7, 11) is 0. The highest BCUT2D eigenvalue weighted by Gasteiger charge is 2.26. The number of nitrogens with zero attached hydrogens (tertiary/aromatic N) is 4. The summed E-state index contributed by atoms with van der Waals surface area (Å²) in [5, 5.41) is 8.83. The van der Waals surface area contributed by atoms with Gasteiger partial charge in [0.25, 0.3) is 0 Å². The van der Waals surface area contributed by atoms with Gasteiger partial charge in [0.15, 0.2) is 0 Å². The Balaban J connectivity index is 1.96. The predicted octanol–water partition coefficient (Wildman–Crippen LogP) is 1.43. The number of amides is 1. The number of hydrogen-bond donors (Lipinski definition) is 0. The molecule has 2 atom stereocenters. The molecule has 1 amide bonds. The third-order valence-electron chi connectivity index (χ3n) is 3.78. The second kappa shape index (κ2) is 8.61. The van der Waals surface area contributed by atoms with Gasteiger partial charge in [0.2, 0.25) is 5.91 Å². The SMILES string of the molecule is C[C@H]1CN(C(=O)CN(CCC#N)Cc2ccccn2)C[C@H](C)O1. The van der Waals surface area contributed by atoms with Crippen molar-refractivity contribution < 1.29 is 9.53 Å². The van der Waals surface area contributed by atoms with Crippen molar-refractivity contribution in [3.05, 3.63) is 30.1 Å². The molecule has 1 aliphatic heterocycles. The first-order valence-corrected chi connectivity index (χ1v) is 8.01. The third-order valence-corrected chi connectivity index (χ3v) is 3.78. The Kier molecular flexibility index (Phi) is 6.51. The number of ether oxygens (including phenoxy) is 1. The molecule has 1 aliphatic rings. The molecule has 0 radical (unpaired) electrons. The molecule has 124 valence electrons. The first-order valence-electron chi connectivity index (χ1n) is 8.01. The van der Waals surface area contributed by atoms with Gasteiger partial charge in [-0.1, -0.05) is 6.07 Å². The van der Waals surface area contributed by atoms with Gasteiger partial charge in [0.05, 0.1) is 30.5 Å². The van der Waals surface area contributed by atoms with Gasteiger partial charge in [-0.15, -0.1) is 0 Å². The van der Waals surface area contributed by atoms with Crippen molar-refractivity contribution in [3.8, 4) is 6.07 Å². The molecule has 1 saturated heterocycles. The molecule has 0 saturated carbocycles. The van der Waals surface area contributed by atoms with Crippen LogP contribution in [0.4, 0.5) is 0 Å². The molecular formula is C17H24N4O2. The fourth-order valence-corrected chi connectivity index (χ4v) is 2.82. The van der Waals surface area contributed by atoms with Crippen molar-refractivity contribution in [2.24, 2.45) is 0 Å². The fraction of sp³-hybridized carbons (Fsp3) is 0.588. The molecule has 0 unspecified atom stereocenters. The van der Waals surface area contributed by atoms with E-state index in [-0.39, 0.29) is 18.1 Å². The van der Waals surface area contributed by atoms with Gasteiger partial charge in [0.1, 0.15) is 0 Å². The van der Waals surface area contributed by atoms with Crippen LogP contribution in [0.15, 0.2) is 24.4 Å². The van der Waals surface area contributed by atoms with E-state index in [9.17, 15) is 4.79 Å². The smallest absolute Gasteiger partial charge is 0.236 e. The first kappa shape index (κ1) is 17.4. The van der Waals surface area contributed by atoms with Gasteiger partial charge < -0.3 is 9.64 Å². The minimum Gasteiger partial charge on any atom is -0.372 e. The van der Waals surface area contributed by atoms with Gasteiger partial charge >= 0.3 is 0 Å². The first-order chi connectivity index (χ1) is 11.1. The highest BCUT2D eigenvalue weighted by atomic mass is 16.5. The molecule has 6 heteroatoms. The molecule has 0 bridgehead atoms. The van der Waals surface area contributed by atoms with Crippen molar-refractivity contribution in [2.75, 3.05) is 26.2 Å². The molecule has 23 heavy (non-hydrogen) atoms. The van der Waals surface area contributed by atoms with Crippen LogP contribution in [0.5, 0.6) is 0 Å². The average molecular weight is 316 g/mol. The normalized spacial score (nSPS) is 21.2. The minimum atomic E-state index is 0.0612. The van der Waals surface area contributed by atoms with E-state index in [4.69, 9.17) is 10.00 Å². The Bertz CT molecular complexity index is 533. The lowest BCUT2D eigenvalue weighted by molar-refractivity contribution is -0.144. The maximum Gasteiger partial charge on any atom is 0.236 e. The van der Waals surface area contributed by atoms with Crippen LogP contribution in [-0.2, 0) is 16.1 Å². The van der Waals surface area contributed by atoms with Crippen molar-refractivity contribution in [2.45, 2.75) is 39.0 Å². The molecule has 0 spiro atoms. The van der Waals surface area contributed by atoms with Crippen molar-refractivity contribution in [1.29, 1.82) is 5.26 Å². The molecule has 0 N–H and O–H groups in total. The van der Waals surface area contributed by atoms with E-state index in [0.29, 0.717) is 39.1 Å². The van der Waals surface area contributed by atoms with Gasteiger partial charge in [-0.05, 0) is 26.0 Å². The monoisotopic (exact) mass is 316 g/mol. The van der Waals surface area contributed by atoms with E-state index in [1.165, 1.54) is 0 Å². The van der Waals surface area contributed by atoms with Gasteiger partial charge in [-0.25, -0.2) is 0 Å². The number of pyridine rings is 1. The number of carbonyl (C=O) groups is 1. The molecule has 2 heterocycles. The number of nitriles is 1. The van der Waals surface area contributed by atoms with Gasteiger partial charge in [-0.2, -0.15) is 5.26 Å². The second-order valence-corrected chi connectivity index (χ2v) is 6.00. The van der Waals surface area contributed by atoms with Crippen LogP contribution in [0.1, 0.15) is 26.0 Å². The summed E-state index contributed by atoms with van der Waals surface area (Å²) in [4.78, 5) is 20.7. The molecule has 0 aromatic carbocycles. The van der Waals surface area contributed by atoms with Crippen LogP contribution in [0, 0.1) is 11.3 Å². The van der Waals surface area contributed by atoms with Crippen LogP contribution in [0.3, 0.4) is 0 Å². The Morgan fingerprint density at radius 2 is 2.17 bits per heavy atom. The maximum absolute atomic E-state index is 12.6. The molecule has 2 rings (SSSR count). The maximum atomic E-state index is 12.6. The van der Waals surface area contributed by atoms with Crippen molar-refractivity contribution >= 4 is 5.91 Å². The lowest BCUT2D eigenvalue weighted by Gasteiger charge is -2.36. The highest BCUT2D eigenvalue weighted by Crippen LogP contribution is 2.12. The number of morpholine rings is 1. The zero-order valence-electron chi connectivity index (χ0n) is 13.8. The number of aromatic nitrogens is 1. The highest BCUT2D eigenvalue weighted by molar-refractivity contribution is 5.78. The van der Waals surface area contributed by atoms with Crippen molar-refractivity contribution in [1.82, 2.24) is 14.8 Å². The Morgan fingerprint density at radius 3 is 2.78 bits per heavy atom. The summed E-state index contributed by atoms with van der Waals surface area (Å²) in [6, 6.07) is 7.87. The largest absolute Gasteiger partial charge is 0.372 e. The molecular weight excluding hydrogens is 292 g/mol. The zero-order valence-corrected chi connectivity index (χ0v) is 13.8. The summed E-state index contributed by atoms with van der Waals surface area (Å²) >= 11 is 0. The quantitative estimate of drug-likeness (QED) is 0.794. The van der Waals surface area contributed by atoms with Gasteiger partial charge in [0, 0.05) is 38.8 Å². The third kappa shape index (κ3) is 5.62. The topological polar surface area (TPSA) is 69.5 Å². The van der Waals surface area contributed by atoms with E-state index >= 15 is 0 Å². The average Bonchev–Trinajstić information content (AvgIpc) is 2.52. The van der Waals surface area contributed by atoms with Crippen LogP contribution in [0.2, 0.25) is 0 Å². The molecule has 1 aromatic heterocycles. The summed E-state index contributed by atoms with van der Waals surface area (Å²) in [6.45, 7) is 6.65. The zero-order chi connectivity index (χ0) is 16.7. The van der Waals surface area contributed by atoms with Crippen molar-refractivity contribution in [3.63, 3.8) is 0 Å². The summed E-state index contributed by atoms with van der Waals surface area (Å²) in [5.74, 6) is 0.0841. The second-order valence-electron chi connectivity index (χ2n) is 6.00. The van der Waals surface area contributed by atoms with Gasteiger partial charge in [-0.3, -0.25) is 14.7 Å². The van der Waals surface area contributed by atoms with E-state index in [1.807, 2.05) is 41.8 Å². The standard InChI is InChI=1S/C17H24N4O2/c1-14-10-21(11-15(2)23-14)17(22)13-20(9-5-7-18)12-16-6-3-4-8-19-16/h3-4,6,8,14-15H,5,9-13H2,1-2H3/t14-,15-/m0/s1. The number of rotatable bonds is 6. The summed E-state index contributed by atoms with van der Waals surface area (Å²) < 4.78 is 5.67. The van der Waals surface area contributed by atoms with Crippen LogP contribution >= 0.6 is 0 Å². The van der Waals surface area contributed by atoms with E-state index < -0.39 is 0 Å². The fourth-order valence-electron chi connectivity index (χ4n) is 2.82. The number of carbonyl (C=O) groups excluding carboxylic acids is 1. The summed E-state index contributed by atoms with van der Waals surface area (Å²) in [5.41, 5.74) is 0.905. The summed E-state index contributed by atoms with van der Waals surface area (Å²) in [6.07, 6.45) is 2.26. The molecule has 6 nitrogen and oxygen atoms in total. The Morgan fingerprint density at radius 1 is 1.43 bits per heavy atom. The van der Waals surface area contributed by atoms with Crippen LogP contribution < -0.4 is 0 Å². The van der Waals surface area contributed by atoms with E-state index in [2.05, 4.69) is 11.1 Å². The Labute approximate surface area is 137 Å². The van der Waals surface area contributed by atoms with E-state index in [0.717, 1.165) is 5.69 Å². The predicted molar refractivity (Wildman–Crippen MR) is 86.3 cm³/mol. The molecule has 1 aromatic rings. The lowest BCUT2D eigenvalue weighted by atomic mass is 10.2. The van der Waals surface area contributed by atoms with E-state index in [1.54, 1.807) is 6.20 Å². The lowest BCUT2D eigenvalue weighted by Crippen LogP contribution is -2.51. The van der Waals surface area contributed by atoms with Crippen LogP contribution in [0.25, 0.3) is 0 Å². The minimum absolute atomic E-state index is 0.0612. The molecule has 0 aliphatic carbocycles. The molecule has 1 fully saturated rings. The number of hydrogen-bond acceptors (Lipinski definition) is 5. The van der Waals surface area contributed by atoms with Crippen LogP contribution in [-0.4, -0.2) is 59.1 Å². The Hall–Kier alpha value is -1.97.